The number of thiophene rings is 1. The molecule has 0 saturated heterocycles. The first-order valence-corrected chi connectivity index (χ1v) is 7.83. The molecule has 0 spiro atoms. The summed E-state index contributed by atoms with van der Waals surface area (Å²) in [5, 5.41) is 5.72. The summed E-state index contributed by atoms with van der Waals surface area (Å²) < 4.78 is 12.0. The topological polar surface area (TPSA) is 30.5 Å². The first-order valence-electron chi connectivity index (χ1n) is 6.95. The number of benzene rings is 1. The highest BCUT2D eigenvalue weighted by molar-refractivity contribution is 7.10. The summed E-state index contributed by atoms with van der Waals surface area (Å²) in [5.74, 6) is 1.67. The number of para-hydroxylation sites is 2. The van der Waals surface area contributed by atoms with E-state index in [4.69, 9.17) is 9.47 Å². The molecule has 2 aromatic rings. The lowest BCUT2D eigenvalue weighted by Crippen LogP contribution is -2.41. The van der Waals surface area contributed by atoms with Crippen LogP contribution in [0.3, 0.4) is 0 Å². The number of hydrogen-bond acceptors (Lipinski definition) is 4. The zero-order chi connectivity index (χ0) is 13.9. The van der Waals surface area contributed by atoms with Gasteiger partial charge in [0.2, 0.25) is 0 Å². The smallest absolute Gasteiger partial charge is 0.161 e. The minimum Gasteiger partial charge on any atom is -0.486 e. The number of likely N-dealkylation sites (N-methyl/N-ethyl adjacent to an activating group) is 1. The van der Waals surface area contributed by atoms with Crippen molar-refractivity contribution in [2.45, 2.75) is 26.0 Å². The van der Waals surface area contributed by atoms with Gasteiger partial charge < -0.3 is 14.8 Å². The van der Waals surface area contributed by atoms with Crippen molar-refractivity contribution in [3.05, 3.63) is 46.2 Å². The summed E-state index contributed by atoms with van der Waals surface area (Å²) in [5.41, 5.74) is 1.28. The minimum atomic E-state index is -0.00106. The molecule has 2 atom stereocenters. The lowest BCUT2D eigenvalue weighted by atomic mass is 10.0. The highest BCUT2D eigenvalue weighted by Gasteiger charge is 2.29. The third-order valence-corrected chi connectivity index (χ3v) is 4.32. The molecule has 2 unspecified atom stereocenters. The van der Waals surface area contributed by atoms with Crippen molar-refractivity contribution >= 4 is 11.3 Å². The average Bonchev–Trinajstić information content (AvgIpc) is 2.90. The Balaban J connectivity index is 1.83. The highest BCUT2D eigenvalue weighted by atomic mass is 32.1. The highest BCUT2D eigenvalue weighted by Crippen LogP contribution is 2.35. The molecule has 0 amide bonds. The van der Waals surface area contributed by atoms with Crippen LogP contribution in [0.4, 0.5) is 0 Å². The van der Waals surface area contributed by atoms with Crippen LogP contribution in [0.15, 0.2) is 35.7 Å². The fourth-order valence-electron chi connectivity index (χ4n) is 2.51. The number of nitrogens with one attached hydrogen (secondary N) is 1. The maximum Gasteiger partial charge on any atom is 0.161 e. The van der Waals surface area contributed by atoms with E-state index >= 15 is 0 Å². The first kappa shape index (κ1) is 13.5. The van der Waals surface area contributed by atoms with Gasteiger partial charge in [-0.05, 0) is 42.6 Å². The molecule has 1 aromatic carbocycles. The van der Waals surface area contributed by atoms with Crippen molar-refractivity contribution in [3.8, 4) is 11.5 Å². The second-order valence-electron chi connectivity index (χ2n) is 4.94. The molecule has 2 heterocycles. The van der Waals surface area contributed by atoms with Crippen LogP contribution in [-0.4, -0.2) is 19.3 Å². The van der Waals surface area contributed by atoms with E-state index in [-0.39, 0.29) is 12.1 Å². The third-order valence-electron chi connectivity index (χ3n) is 3.44. The first-order chi connectivity index (χ1) is 9.78. The molecule has 1 aliphatic rings. The molecule has 0 fully saturated rings. The van der Waals surface area contributed by atoms with E-state index in [0.717, 1.165) is 18.0 Å². The molecule has 106 valence electrons. The van der Waals surface area contributed by atoms with Gasteiger partial charge in [0.25, 0.3) is 0 Å². The van der Waals surface area contributed by atoms with Gasteiger partial charge in [0.15, 0.2) is 17.6 Å². The molecular weight excluding hydrogens is 270 g/mol. The van der Waals surface area contributed by atoms with Crippen LogP contribution >= 0.6 is 11.3 Å². The molecule has 0 bridgehead atoms. The van der Waals surface area contributed by atoms with Crippen LogP contribution in [0.2, 0.25) is 0 Å². The van der Waals surface area contributed by atoms with Gasteiger partial charge in [0, 0.05) is 4.88 Å². The van der Waals surface area contributed by atoms with Crippen molar-refractivity contribution in [1.29, 1.82) is 0 Å². The number of rotatable bonds is 4. The molecule has 3 nitrogen and oxygen atoms in total. The summed E-state index contributed by atoms with van der Waals surface area (Å²) in [4.78, 5) is 1.32. The Morgan fingerprint density at radius 1 is 1.35 bits per heavy atom. The lowest BCUT2D eigenvalue weighted by molar-refractivity contribution is 0.0622. The summed E-state index contributed by atoms with van der Waals surface area (Å²) in [6.07, 6.45) is -0.00106. The van der Waals surface area contributed by atoms with Crippen LogP contribution in [-0.2, 0) is 0 Å². The SMILES string of the molecule is CCNC(c1csc(C)c1)C1COc2ccccc2O1. The molecular formula is C16H19NO2S. The molecule has 1 aliphatic heterocycles. The van der Waals surface area contributed by atoms with Crippen molar-refractivity contribution in [1.82, 2.24) is 5.32 Å². The maximum absolute atomic E-state index is 6.13. The van der Waals surface area contributed by atoms with E-state index in [0.29, 0.717) is 6.61 Å². The largest absolute Gasteiger partial charge is 0.486 e. The van der Waals surface area contributed by atoms with E-state index in [9.17, 15) is 0 Å². The Morgan fingerprint density at radius 3 is 2.85 bits per heavy atom. The Morgan fingerprint density at radius 2 is 2.15 bits per heavy atom. The van der Waals surface area contributed by atoms with Crippen LogP contribution in [0, 0.1) is 6.92 Å². The fourth-order valence-corrected chi connectivity index (χ4v) is 3.25. The Kier molecular flexibility index (Phi) is 3.94. The van der Waals surface area contributed by atoms with Gasteiger partial charge in [0.1, 0.15) is 6.61 Å². The standard InChI is InChI=1S/C16H19NO2S/c1-3-17-16(12-8-11(2)20-10-12)15-9-18-13-6-4-5-7-14(13)19-15/h4-8,10,15-17H,3,9H2,1-2H3. The van der Waals surface area contributed by atoms with Crippen molar-refractivity contribution in [3.63, 3.8) is 0 Å². The molecule has 0 aliphatic carbocycles. The van der Waals surface area contributed by atoms with Crippen LogP contribution in [0.1, 0.15) is 23.4 Å². The van der Waals surface area contributed by atoms with Crippen LogP contribution in [0.5, 0.6) is 11.5 Å². The van der Waals surface area contributed by atoms with E-state index in [1.165, 1.54) is 10.4 Å². The molecule has 1 aromatic heterocycles. The Labute approximate surface area is 123 Å². The van der Waals surface area contributed by atoms with Gasteiger partial charge in [-0.25, -0.2) is 0 Å². The van der Waals surface area contributed by atoms with E-state index in [2.05, 4.69) is 30.6 Å². The zero-order valence-corrected chi connectivity index (χ0v) is 12.6. The lowest BCUT2D eigenvalue weighted by Gasteiger charge is -2.32. The molecule has 1 N–H and O–H groups in total. The van der Waals surface area contributed by atoms with Gasteiger partial charge in [0.05, 0.1) is 6.04 Å². The zero-order valence-electron chi connectivity index (χ0n) is 11.8. The van der Waals surface area contributed by atoms with Gasteiger partial charge in [-0.2, -0.15) is 0 Å². The minimum absolute atomic E-state index is 0.00106. The second kappa shape index (κ2) is 5.85. The predicted molar refractivity (Wildman–Crippen MR) is 81.8 cm³/mol. The third kappa shape index (κ3) is 2.67. The molecule has 0 saturated carbocycles. The Bertz CT molecular complexity index is 581. The average molecular weight is 289 g/mol. The number of fused-ring (bicyclic) bond motifs is 1. The predicted octanol–water partition coefficient (Wildman–Crippen LogP) is 3.55. The van der Waals surface area contributed by atoms with Gasteiger partial charge in [-0.15, -0.1) is 11.3 Å². The summed E-state index contributed by atoms with van der Waals surface area (Å²) >= 11 is 1.77. The molecule has 0 radical (unpaired) electrons. The van der Waals surface area contributed by atoms with E-state index in [1.54, 1.807) is 11.3 Å². The molecule has 4 heteroatoms. The fraction of sp³-hybridized carbons (Fsp3) is 0.375. The van der Waals surface area contributed by atoms with Gasteiger partial charge in [-0.3, -0.25) is 0 Å². The summed E-state index contributed by atoms with van der Waals surface area (Å²) in [7, 11) is 0. The molecule has 3 rings (SSSR count). The molecule has 20 heavy (non-hydrogen) atoms. The van der Waals surface area contributed by atoms with Crippen LogP contribution in [0.25, 0.3) is 0 Å². The summed E-state index contributed by atoms with van der Waals surface area (Å²) in [6.45, 7) is 5.72. The summed E-state index contributed by atoms with van der Waals surface area (Å²) in [6, 6.07) is 10.2. The van der Waals surface area contributed by atoms with Crippen molar-refractivity contribution < 1.29 is 9.47 Å². The number of aryl methyl sites for hydroxylation is 1. The number of ether oxygens (including phenoxy) is 2. The number of hydrogen-bond donors (Lipinski definition) is 1. The Hall–Kier alpha value is -1.52. The van der Waals surface area contributed by atoms with Gasteiger partial charge in [-0.1, -0.05) is 19.1 Å². The van der Waals surface area contributed by atoms with Gasteiger partial charge >= 0.3 is 0 Å². The van der Waals surface area contributed by atoms with Crippen molar-refractivity contribution in [2.75, 3.05) is 13.2 Å². The van der Waals surface area contributed by atoms with Crippen molar-refractivity contribution in [2.24, 2.45) is 0 Å². The van der Waals surface area contributed by atoms with E-state index < -0.39 is 0 Å². The normalized spacial score (nSPS) is 18.8. The second-order valence-corrected chi connectivity index (χ2v) is 6.06. The maximum atomic E-state index is 6.13. The van der Waals surface area contributed by atoms with Crippen LogP contribution < -0.4 is 14.8 Å². The quantitative estimate of drug-likeness (QED) is 0.933. The monoisotopic (exact) mass is 289 g/mol. The van der Waals surface area contributed by atoms with E-state index in [1.807, 2.05) is 24.3 Å².